The summed E-state index contributed by atoms with van der Waals surface area (Å²) in [7, 11) is 1.63. The van der Waals surface area contributed by atoms with Crippen molar-refractivity contribution in [1.82, 2.24) is 0 Å². The third-order valence-corrected chi connectivity index (χ3v) is 2.85. The Morgan fingerprint density at radius 1 is 1.32 bits per heavy atom. The number of ether oxygens (including phenoxy) is 2. The van der Waals surface area contributed by atoms with Crippen LogP contribution in [0.3, 0.4) is 0 Å². The summed E-state index contributed by atoms with van der Waals surface area (Å²) in [5.74, 6) is 0.372. The average molecular weight is 266 g/mol. The zero-order chi connectivity index (χ0) is 14.6. The van der Waals surface area contributed by atoms with E-state index < -0.39 is 5.97 Å². The number of esters is 1. The molecule has 0 heterocycles. The van der Waals surface area contributed by atoms with E-state index in [1.807, 2.05) is 6.92 Å². The van der Waals surface area contributed by atoms with Gasteiger partial charge in [0.05, 0.1) is 19.3 Å². The van der Waals surface area contributed by atoms with Crippen LogP contribution in [0.1, 0.15) is 42.3 Å². The van der Waals surface area contributed by atoms with Gasteiger partial charge in [0, 0.05) is 5.56 Å². The number of benzene rings is 1. The molecule has 1 aromatic carbocycles. The van der Waals surface area contributed by atoms with E-state index in [0.717, 1.165) is 16.9 Å². The Labute approximate surface area is 114 Å². The van der Waals surface area contributed by atoms with Gasteiger partial charge in [0.15, 0.2) is 0 Å². The van der Waals surface area contributed by atoms with Crippen molar-refractivity contribution in [3.63, 3.8) is 0 Å². The molecule has 0 saturated heterocycles. The van der Waals surface area contributed by atoms with E-state index in [2.05, 4.69) is 20.8 Å². The van der Waals surface area contributed by atoms with Gasteiger partial charge in [-0.05, 0) is 30.0 Å². The van der Waals surface area contributed by atoms with Crippen molar-refractivity contribution in [3.05, 3.63) is 28.8 Å². The molecule has 19 heavy (non-hydrogen) atoms. The number of carbonyl (C=O) groups excluding carboxylic acids is 1. The van der Waals surface area contributed by atoms with Crippen LogP contribution in [0.2, 0.25) is 0 Å². The molecule has 1 N–H and O–H groups in total. The lowest BCUT2D eigenvalue weighted by Crippen LogP contribution is -2.16. The van der Waals surface area contributed by atoms with Crippen molar-refractivity contribution < 1.29 is 19.4 Å². The van der Waals surface area contributed by atoms with Gasteiger partial charge in [-0.25, -0.2) is 4.79 Å². The van der Waals surface area contributed by atoms with Gasteiger partial charge in [-0.15, -0.1) is 0 Å². The van der Waals surface area contributed by atoms with Gasteiger partial charge in [-0.1, -0.05) is 20.8 Å². The maximum absolute atomic E-state index is 11.9. The highest BCUT2D eigenvalue weighted by Crippen LogP contribution is 2.35. The van der Waals surface area contributed by atoms with Crippen LogP contribution in [-0.4, -0.2) is 31.4 Å². The molecule has 0 fully saturated rings. The van der Waals surface area contributed by atoms with Crippen molar-refractivity contribution >= 4 is 5.97 Å². The summed E-state index contributed by atoms with van der Waals surface area (Å²) >= 11 is 0. The molecule has 0 saturated carbocycles. The Kier molecular flexibility index (Phi) is 4.95. The Bertz CT molecular complexity index is 458. The van der Waals surface area contributed by atoms with Gasteiger partial charge >= 0.3 is 5.97 Å². The first-order valence-corrected chi connectivity index (χ1v) is 6.28. The summed E-state index contributed by atoms with van der Waals surface area (Å²) in [5, 5.41) is 8.69. The number of hydrogen-bond acceptors (Lipinski definition) is 4. The molecule has 0 spiro atoms. The number of aliphatic hydroxyl groups excluding tert-OH is 1. The van der Waals surface area contributed by atoms with Crippen LogP contribution in [0.25, 0.3) is 0 Å². The van der Waals surface area contributed by atoms with Gasteiger partial charge in [0.25, 0.3) is 0 Å². The standard InChI is InChI=1S/C15H22O4/c1-10-8-11(14(17)19-7-6-16)9-12(13(10)18-5)15(2,3)4/h8-9,16H,6-7H2,1-5H3. The smallest absolute Gasteiger partial charge is 0.338 e. The molecule has 4 nitrogen and oxygen atoms in total. The zero-order valence-corrected chi connectivity index (χ0v) is 12.2. The van der Waals surface area contributed by atoms with Gasteiger partial charge in [-0.2, -0.15) is 0 Å². The number of aryl methyl sites for hydroxylation is 1. The predicted molar refractivity (Wildman–Crippen MR) is 73.8 cm³/mol. The summed E-state index contributed by atoms with van der Waals surface area (Å²) in [5.41, 5.74) is 2.21. The van der Waals surface area contributed by atoms with E-state index in [1.165, 1.54) is 0 Å². The number of hydrogen-bond donors (Lipinski definition) is 1. The molecule has 0 unspecified atom stereocenters. The molecular weight excluding hydrogens is 244 g/mol. The fourth-order valence-electron chi connectivity index (χ4n) is 1.94. The SMILES string of the molecule is COc1c(C)cc(C(=O)OCCO)cc1C(C)(C)C. The van der Waals surface area contributed by atoms with E-state index >= 15 is 0 Å². The summed E-state index contributed by atoms with van der Waals surface area (Å²) in [6.07, 6.45) is 0. The minimum Gasteiger partial charge on any atom is -0.496 e. The third-order valence-electron chi connectivity index (χ3n) is 2.85. The monoisotopic (exact) mass is 266 g/mol. The van der Waals surface area contributed by atoms with Crippen LogP contribution in [0.4, 0.5) is 0 Å². The summed E-state index contributed by atoms with van der Waals surface area (Å²) in [6.45, 7) is 7.92. The first-order valence-electron chi connectivity index (χ1n) is 6.28. The topological polar surface area (TPSA) is 55.8 Å². The number of carbonyl (C=O) groups is 1. The number of aliphatic hydroxyl groups is 1. The molecule has 0 atom stereocenters. The largest absolute Gasteiger partial charge is 0.496 e. The summed E-state index contributed by atoms with van der Waals surface area (Å²) < 4.78 is 10.4. The van der Waals surface area contributed by atoms with Gasteiger partial charge in [-0.3, -0.25) is 0 Å². The molecule has 0 radical (unpaired) electrons. The van der Waals surface area contributed by atoms with E-state index in [9.17, 15) is 4.79 Å². The molecule has 106 valence electrons. The molecule has 0 amide bonds. The maximum atomic E-state index is 11.9. The van der Waals surface area contributed by atoms with E-state index in [-0.39, 0.29) is 18.6 Å². The second kappa shape index (κ2) is 6.06. The zero-order valence-electron chi connectivity index (χ0n) is 12.2. The highest BCUT2D eigenvalue weighted by molar-refractivity contribution is 5.90. The van der Waals surface area contributed by atoms with Crippen molar-refractivity contribution in [2.45, 2.75) is 33.1 Å². The van der Waals surface area contributed by atoms with Crippen molar-refractivity contribution in [2.24, 2.45) is 0 Å². The Balaban J connectivity index is 3.24. The van der Waals surface area contributed by atoms with Crippen molar-refractivity contribution in [1.29, 1.82) is 0 Å². The molecule has 0 bridgehead atoms. The quantitative estimate of drug-likeness (QED) is 0.850. The van der Waals surface area contributed by atoms with Crippen molar-refractivity contribution in [3.8, 4) is 5.75 Å². The highest BCUT2D eigenvalue weighted by Gasteiger charge is 2.23. The minimum absolute atomic E-state index is 0.00869. The van der Waals surface area contributed by atoms with E-state index in [4.69, 9.17) is 14.6 Å². The maximum Gasteiger partial charge on any atom is 0.338 e. The summed E-state index contributed by atoms with van der Waals surface area (Å²) in [4.78, 5) is 11.9. The van der Waals surface area contributed by atoms with Crippen molar-refractivity contribution in [2.75, 3.05) is 20.3 Å². The van der Waals surface area contributed by atoms with Crippen LogP contribution >= 0.6 is 0 Å². The number of methoxy groups -OCH3 is 1. The Morgan fingerprint density at radius 3 is 2.42 bits per heavy atom. The van der Waals surface area contributed by atoms with Gasteiger partial charge < -0.3 is 14.6 Å². The minimum atomic E-state index is -0.426. The lowest BCUT2D eigenvalue weighted by atomic mass is 9.84. The first kappa shape index (κ1) is 15.5. The van der Waals surface area contributed by atoms with Gasteiger partial charge in [0.2, 0.25) is 0 Å². The van der Waals surface area contributed by atoms with Crippen LogP contribution in [-0.2, 0) is 10.2 Å². The lowest BCUT2D eigenvalue weighted by Gasteiger charge is -2.24. The predicted octanol–water partition coefficient (Wildman–Crippen LogP) is 2.45. The Hall–Kier alpha value is -1.55. The normalized spacial score (nSPS) is 11.3. The molecule has 0 aliphatic heterocycles. The van der Waals surface area contributed by atoms with E-state index in [1.54, 1.807) is 19.2 Å². The molecule has 0 aromatic heterocycles. The second-order valence-corrected chi connectivity index (χ2v) is 5.48. The number of rotatable bonds is 4. The van der Waals surface area contributed by atoms with E-state index in [0.29, 0.717) is 5.56 Å². The molecule has 0 aliphatic carbocycles. The summed E-state index contributed by atoms with van der Waals surface area (Å²) in [6, 6.07) is 3.54. The van der Waals surface area contributed by atoms with Crippen LogP contribution in [0.15, 0.2) is 12.1 Å². The molecular formula is C15H22O4. The Morgan fingerprint density at radius 2 is 1.95 bits per heavy atom. The highest BCUT2D eigenvalue weighted by atomic mass is 16.5. The molecule has 1 rings (SSSR count). The fraction of sp³-hybridized carbons (Fsp3) is 0.533. The molecule has 0 aliphatic rings. The second-order valence-electron chi connectivity index (χ2n) is 5.48. The fourth-order valence-corrected chi connectivity index (χ4v) is 1.94. The average Bonchev–Trinajstić information content (AvgIpc) is 2.33. The van der Waals surface area contributed by atoms with Gasteiger partial charge in [0.1, 0.15) is 12.4 Å². The molecule has 1 aromatic rings. The van der Waals surface area contributed by atoms with Crippen LogP contribution in [0.5, 0.6) is 5.75 Å². The van der Waals surface area contributed by atoms with Crippen LogP contribution in [0, 0.1) is 6.92 Å². The third kappa shape index (κ3) is 3.70. The molecule has 4 heteroatoms. The lowest BCUT2D eigenvalue weighted by molar-refractivity contribution is 0.0433. The first-order chi connectivity index (χ1) is 8.81. The van der Waals surface area contributed by atoms with Crippen LogP contribution < -0.4 is 4.74 Å².